The maximum atomic E-state index is 12.8. The first-order valence-corrected chi connectivity index (χ1v) is 6.74. The second kappa shape index (κ2) is 7.54. The minimum atomic E-state index is -0.235. The first-order valence-electron chi connectivity index (χ1n) is 6.74. The Balaban J connectivity index is 1.97. The van der Waals surface area contributed by atoms with Gasteiger partial charge in [-0.3, -0.25) is 0 Å². The summed E-state index contributed by atoms with van der Waals surface area (Å²) in [5.74, 6) is 1.92. The Morgan fingerprint density at radius 1 is 1.10 bits per heavy atom. The zero-order valence-corrected chi connectivity index (χ0v) is 12.2. The molecule has 0 aliphatic carbocycles. The maximum absolute atomic E-state index is 12.8. The van der Waals surface area contributed by atoms with Crippen LogP contribution >= 0.6 is 0 Å². The molecule has 0 unspecified atom stereocenters. The topological polar surface area (TPSA) is 59.1 Å². The van der Waals surface area contributed by atoms with Gasteiger partial charge in [-0.25, -0.2) is 14.4 Å². The Labute approximate surface area is 123 Å². The third-order valence-electron chi connectivity index (χ3n) is 2.84. The Kier molecular flexibility index (Phi) is 5.45. The van der Waals surface area contributed by atoms with E-state index < -0.39 is 0 Å². The van der Waals surface area contributed by atoms with E-state index in [9.17, 15) is 4.39 Å². The molecular weight excluding hydrogens is 271 g/mol. The first kappa shape index (κ1) is 15.2. The van der Waals surface area contributed by atoms with Crippen molar-refractivity contribution in [2.75, 3.05) is 30.9 Å². The molecule has 112 valence electrons. The molecule has 0 spiro atoms. The molecule has 2 N–H and O–H groups in total. The van der Waals surface area contributed by atoms with Gasteiger partial charge in [0, 0.05) is 26.3 Å². The van der Waals surface area contributed by atoms with Gasteiger partial charge in [0.1, 0.15) is 23.3 Å². The third-order valence-corrected chi connectivity index (χ3v) is 2.84. The molecule has 0 radical (unpaired) electrons. The molecule has 0 bridgehead atoms. The van der Waals surface area contributed by atoms with Gasteiger partial charge < -0.3 is 15.4 Å². The van der Waals surface area contributed by atoms with E-state index in [-0.39, 0.29) is 5.82 Å². The summed E-state index contributed by atoms with van der Waals surface area (Å²) in [6.07, 6.45) is 0. The Bertz CT molecular complexity index is 574. The van der Waals surface area contributed by atoms with Crippen molar-refractivity contribution in [1.29, 1.82) is 0 Å². The van der Waals surface area contributed by atoms with Gasteiger partial charge in [-0.1, -0.05) is 12.1 Å². The smallest absolute Gasteiger partial charge is 0.132 e. The SMILES string of the molecule is COCCNc1cc(NCc2ccc(F)cc2)nc(C)n1. The second-order valence-corrected chi connectivity index (χ2v) is 4.59. The zero-order valence-electron chi connectivity index (χ0n) is 12.2. The van der Waals surface area contributed by atoms with E-state index in [2.05, 4.69) is 20.6 Å². The standard InChI is InChI=1S/C15H19FN4O/c1-11-19-14(17-7-8-21-2)9-15(20-11)18-10-12-3-5-13(16)6-4-12/h3-6,9H,7-8,10H2,1-2H3,(H2,17,18,19,20). The van der Waals surface area contributed by atoms with Crippen molar-refractivity contribution in [3.8, 4) is 0 Å². The van der Waals surface area contributed by atoms with E-state index in [1.807, 2.05) is 13.0 Å². The number of hydrogen-bond acceptors (Lipinski definition) is 5. The van der Waals surface area contributed by atoms with Crippen LogP contribution in [0.5, 0.6) is 0 Å². The van der Waals surface area contributed by atoms with Crippen molar-refractivity contribution in [1.82, 2.24) is 9.97 Å². The number of nitrogens with one attached hydrogen (secondary N) is 2. The molecule has 1 heterocycles. The van der Waals surface area contributed by atoms with Crippen molar-refractivity contribution >= 4 is 11.6 Å². The van der Waals surface area contributed by atoms with Crippen LogP contribution in [-0.4, -0.2) is 30.2 Å². The summed E-state index contributed by atoms with van der Waals surface area (Å²) in [7, 11) is 1.66. The third kappa shape index (κ3) is 5.00. The Morgan fingerprint density at radius 2 is 1.76 bits per heavy atom. The molecular formula is C15H19FN4O. The van der Waals surface area contributed by atoms with Crippen molar-refractivity contribution in [3.63, 3.8) is 0 Å². The molecule has 0 fully saturated rings. The predicted molar refractivity (Wildman–Crippen MR) is 80.9 cm³/mol. The fourth-order valence-corrected chi connectivity index (χ4v) is 1.82. The van der Waals surface area contributed by atoms with Crippen LogP contribution in [0.2, 0.25) is 0 Å². The summed E-state index contributed by atoms with van der Waals surface area (Å²) in [4.78, 5) is 8.63. The number of ether oxygens (including phenoxy) is 1. The average Bonchev–Trinajstić information content (AvgIpc) is 2.46. The molecule has 2 aromatic rings. The van der Waals surface area contributed by atoms with Crippen LogP contribution in [0, 0.1) is 12.7 Å². The van der Waals surface area contributed by atoms with Gasteiger partial charge in [-0.15, -0.1) is 0 Å². The van der Waals surface area contributed by atoms with E-state index in [0.29, 0.717) is 25.5 Å². The fourth-order valence-electron chi connectivity index (χ4n) is 1.82. The van der Waals surface area contributed by atoms with Gasteiger partial charge in [-0.2, -0.15) is 0 Å². The number of benzene rings is 1. The normalized spacial score (nSPS) is 10.4. The number of rotatable bonds is 7. The second-order valence-electron chi connectivity index (χ2n) is 4.59. The molecule has 5 nitrogen and oxygen atoms in total. The monoisotopic (exact) mass is 290 g/mol. The van der Waals surface area contributed by atoms with Gasteiger partial charge in [0.2, 0.25) is 0 Å². The quantitative estimate of drug-likeness (QED) is 0.768. The minimum absolute atomic E-state index is 0.235. The van der Waals surface area contributed by atoms with Gasteiger partial charge in [0.15, 0.2) is 0 Å². The largest absolute Gasteiger partial charge is 0.383 e. The number of methoxy groups -OCH3 is 1. The minimum Gasteiger partial charge on any atom is -0.383 e. The van der Waals surface area contributed by atoms with Gasteiger partial charge in [-0.05, 0) is 24.6 Å². The number of hydrogen-bond donors (Lipinski definition) is 2. The van der Waals surface area contributed by atoms with Crippen LogP contribution in [0.25, 0.3) is 0 Å². The molecule has 6 heteroatoms. The van der Waals surface area contributed by atoms with E-state index in [0.717, 1.165) is 17.2 Å². The summed E-state index contributed by atoms with van der Waals surface area (Å²) in [5.41, 5.74) is 0.988. The molecule has 1 aromatic carbocycles. The highest BCUT2D eigenvalue weighted by Gasteiger charge is 2.02. The summed E-state index contributed by atoms with van der Waals surface area (Å²) >= 11 is 0. The van der Waals surface area contributed by atoms with Gasteiger partial charge in [0.05, 0.1) is 6.61 Å². The molecule has 21 heavy (non-hydrogen) atoms. The maximum Gasteiger partial charge on any atom is 0.132 e. The lowest BCUT2D eigenvalue weighted by Crippen LogP contribution is -2.11. The van der Waals surface area contributed by atoms with Crippen molar-refractivity contribution in [2.45, 2.75) is 13.5 Å². The van der Waals surface area contributed by atoms with Crippen molar-refractivity contribution in [3.05, 3.63) is 47.5 Å². The summed E-state index contributed by atoms with van der Waals surface area (Å²) in [6, 6.07) is 8.22. The van der Waals surface area contributed by atoms with Crippen LogP contribution in [0.1, 0.15) is 11.4 Å². The summed E-state index contributed by atoms with van der Waals surface area (Å²) in [6.45, 7) is 3.71. The molecule has 0 aliphatic heterocycles. The molecule has 0 aliphatic rings. The molecule has 0 saturated heterocycles. The van der Waals surface area contributed by atoms with Crippen molar-refractivity contribution in [2.24, 2.45) is 0 Å². The highest BCUT2D eigenvalue weighted by molar-refractivity contribution is 5.47. The van der Waals surface area contributed by atoms with Crippen LogP contribution in [0.3, 0.4) is 0 Å². The van der Waals surface area contributed by atoms with E-state index in [4.69, 9.17) is 4.74 Å². The number of halogens is 1. The van der Waals surface area contributed by atoms with Crippen LogP contribution in [0.15, 0.2) is 30.3 Å². The van der Waals surface area contributed by atoms with Crippen LogP contribution in [0.4, 0.5) is 16.0 Å². The highest BCUT2D eigenvalue weighted by atomic mass is 19.1. The predicted octanol–water partition coefficient (Wildman–Crippen LogP) is 2.59. The number of aromatic nitrogens is 2. The number of aryl methyl sites for hydroxylation is 1. The lowest BCUT2D eigenvalue weighted by atomic mass is 10.2. The summed E-state index contributed by atoms with van der Waals surface area (Å²) in [5, 5.41) is 6.37. The van der Waals surface area contributed by atoms with Crippen molar-refractivity contribution < 1.29 is 9.13 Å². The summed E-state index contributed by atoms with van der Waals surface area (Å²) < 4.78 is 17.8. The van der Waals surface area contributed by atoms with Gasteiger partial charge in [0.25, 0.3) is 0 Å². The Hall–Kier alpha value is -2.21. The van der Waals surface area contributed by atoms with E-state index in [1.54, 1.807) is 19.2 Å². The molecule has 1 aromatic heterocycles. The number of nitrogens with zero attached hydrogens (tertiary/aromatic N) is 2. The van der Waals surface area contributed by atoms with Crippen LogP contribution < -0.4 is 10.6 Å². The molecule has 0 atom stereocenters. The van der Waals surface area contributed by atoms with Crippen LogP contribution in [-0.2, 0) is 11.3 Å². The molecule has 0 amide bonds. The lowest BCUT2D eigenvalue weighted by Gasteiger charge is -2.10. The zero-order chi connectivity index (χ0) is 15.1. The van der Waals surface area contributed by atoms with E-state index in [1.165, 1.54) is 12.1 Å². The molecule has 2 rings (SSSR count). The first-order chi connectivity index (χ1) is 10.2. The fraction of sp³-hybridized carbons (Fsp3) is 0.333. The number of anilines is 2. The lowest BCUT2D eigenvalue weighted by molar-refractivity contribution is 0.210. The average molecular weight is 290 g/mol. The van der Waals surface area contributed by atoms with E-state index >= 15 is 0 Å². The highest BCUT2D eigenvalue weighted by Crippen LogP contribution is 2.12. The van der Waals surface area contributed by atoms with Gasteiger partial charge >= 0.3 is 0 Å². The molecule has 0 saturated carbocycles. The Morgan fingerprint density at radius 3 is 2.43 bits per heavy atom.